The van der Waals surface area contributed by atoms with Crippen LogP contribution in [0, 0.1) is 6.92 Å². The molecule has 3 heterocycles. The second-order valence-corrected chi connectivity index (χ2v) is 6.44. The van der Waals surface area contributed by atoms with Crippen molar-refractivity contribution in [1.29, 1.82) is 0 Å². The molecule has 0 atom stereocenters. The van der Waals surface area contributed by atoms with E-state index in [0.717, 1.165) is 45.1 Å². The van der Waals surface area contributed by atoms with Crippen LogP contribution in [0.3, 0.4) is 0 Å². The third-order valence-corrected chi connectivity index (χ3v) is 4.64. The number of rotatable bonds is 5. The molecule has 0 saturated carbocycles. The van der Waals surface area contributed by atoms with Gasteiger partial charge in [0.2, 0.25) is 11.8 Å². The minimum atomic E-state index is -0.359. The fraction of sp³-hybridized carbons (Fsp3) is 0.500. The fourth-order valence-electron chi connectivity index (χ4n) is 2.52. The standard InChI is InChI=1S/C14H19N5O2S/c1-10-16-13(17-21-10)8-19-4-2-18(3-5-19)7-12-6-11(9-22-12)14(15)20/h6,9H,2-5,7-8H2,1H3,(H2,15,20). The first-order valence-corrected chi connectivity index (χ1v) is 8.09. The number of amides is 1. The zero-order chi connectivity index (χ0) is 15.5. The molecule has 1 saturated heterocycles. The van der Waals surface area contributed by atoms with Gasteiger partial charge in [0, 0.05) is 49.9 Å². The lowest BCUT2D eigenvalue weighted by atomic mass is 10.2. The summed E-state index contributed by atoms with van der Waals surface area (Å²) in [5, 5.41) is 5.76. The molecule has 2 N–H and O–H groups in total. The maximum absolute atomic E-state index is 11.1. The Morgan fingerprint density at radius 1 is 1.32 bits per heavy atom. The van der Waals surface area contributed by atoms with Crippen molar-refractivity contribution in [2.75, 3.05) is 26.2 Å². The van der Waals surface area contributed by atoms with Gasteiger partial charge in [0.25, 0.3) is 0 Å². The maximum Gasteiger partial charge on any atom is 0.249 e. The highest BCUT2D eigenvalue weighted by atomic mass is 32.1. The van der Waals surface area contributed by atoms with Crippen LogP contribution in [0.15, 0.2) is 16.0 Å². The lowest BCUT2D eigenvalue weighted by Gasteiger charge is -2.33. The molecule has 1 aliphatic rings. The molecule has 0 aromatic carbocycles. The smallest absolute Gasteiger partial charge is 0.249 e. The van der Waals surface area contributed by atoms with Gasteiger partial charge in [0.05, 0.1) is 12.1 Å². The molecule has 118 valence electrons. The number of carbonyl (C=O) groups excluding carboxylic acids is 1. The third-order valence-electron chi connectivity index (χ3n) is 3.72. The minimum Gasteiger partial charge on any atom is -0.366 e. The average molecular weight is 321 g/mol. The quantitative estimate of drug-likeness (QED) is 0.878. The largest absolute Gasteiger partial charge is 0.366 e. The zero-order valence-electron chi connectivity index (χ0n) is 12.5. The van der Waals surface area contributed by atoms with Crippen molar-refractivity contribution in [3.63, 3.8) is 0 Å². The Bertz CT molecular complexity index is 645. The van der Waals surface area contributed by atoms with Gasteiger partial charge >= 0.3 is 0 Å². The zero-order valence-corrected chi connectivity index (χ0v) is 13.3. The van der Waals surface area contributed by atoms with Crippen molar-refractivity contribution in [2.24, 2.45) is 5.73 Å². The Hall–Kier alpha value is -1.77. The van der Waals surface area contributed by atoms with Gasteiger partial charge in [0.15, 0.2) is 5.82 Å². The van der Waals surface area contributed by atoms with Gasteiger partial charge in [-0.3, -0.25) is 14.6 Å². The van der Waals surface area contributed by atoms with E-state index in [1.54, 1.807) is 18.3 Å². The van der Waals surface area contributed by atoms with E-state index in [1.165, 1.54) is 4.88 Å². The van der Waals surface area contributed by atoms with Crippen LogP contribution in [0.4, 0.5) is 0 Å². The molecule has 7 nitrogen and oxygen atoms in total. The SMILES string of the molecule is Cc1nc(CN2CCN(Cc3cc(C(N)=O)cs3)CC2)no1. The highest BCUT2D eigenvalue weighted by Gasteiger charge is 2.19. The highest BCUT2D eigenvalue weighted by Crippen LogP contribution is 2.17. The van der Waals surface area contributed by atoms with E-state index in [-0.39, 0.29) is 5.91 Å². The molecule has 0 aliphatic carbocycles. The summed E-state index contributed by atoms with van der Waals surface area (Å²) in [6.45, 7) is 7.32. The summed E-state index contributed by atoms with van der Waals surface area (Å²) >= 11 is 1.59. The third kappa shape index (κ3) is 3.70. The summed E-state index contributed by atoms with van der Waals surface area (Å²) in [6.07, 6.45) is 0. The van der Waals surface area contributed by atoms with Crippen molar-refractivity contribution in [1.82, 2.24) is 19.9 Å². The van der Waals surface area contributed by atoms with Gasteiger partial charge in [-0.1, -0.05) is 5.16 Å². The van der Waals surface area contributed by atoms with Crippen molar-refractivity contribution in [3.8, 4) is 0 Å². The Balaban J connectivity index is 1.47. The molecular formula is C14H19N5O2S. The highest BCUT2D eigenvalue weighted by molar-refractivity contribution is 7.10. The summed E-state index contributed by atoms with van der Waals surface area (Å²) in [4.78, 5) is 21.2. The maximum atomic E-state index is 11.1. The van der Waals surface area contributed by atoms with Crippen LogP contribution >= 0.6 is 11.3 Å². The topological polar surface area (TPSA) is 88.5 Å². The second-order valence-electron chi connectivity index (χ2n) is 5.45. The van der Waals surface area contributed by atoms with Crippen LogP contribution in [0.5, 0.6) is 0 Å². The number of aryl methyl sites for hydroxylation is 1. The molecular weight excluding hydrogens is 302 g/mol. The Kier molecular flexibility index (Phi) is 4.51. The summed E-state index contributed by atoms with van der Waals surface area (Å²) in [5.41, 5.74) is 5.88. The number of aromatic nitrogens is 2. The Morgan fingerprint density at radius 3 is 2.55 bits per heavy atom. The predicted octanol–water partition coefficient (Wildman–Crippen LogP) is 0.856. The number of primary amides is 1. The lowest BCUT2D eigenvalue weighted by Crippen LogP contribution is -2.45. The average Bonchev–Trinajstić information content (AvgIpc) is 3.10. The van der Waals surface area contributed by atoms with E-state index in [2.05, 4.69) is 19.9 Å². The number of carbonyl (C=O) groups is 1. The molecule has 0 radical (unpaired) electrons. The molecule has 0 bridgehead atoms. The number of thiophene rings is 1. The van der Waals surface area contributed by atoms with Gasteiger partial charge in [-0.25, -0.2) is 0 Å². The van der Waals surface area contributed by atoms with E-state index in [0.29, 0.717) is 11.5 Å². The molecule has 2 aromatic rings. The van der Waals surface area contributed by atoms with E-state index in [9.17, 15) is 4.79 Å². The van der Waals surface area contributed by atoms with E-state index >= 15 is 0 Å². The monoisotopic (exact) mass is 321 g/mol. The van der Waals surface area contributed by atoms with Gasteiger partial charge in [0.1, 0.15) is 0 Å². The van der Waals surface area contributed by atoms with E-state index < -0.39 is 0 Å². The molecule has 1 amide bonds. The van der Waals surface area contributed by atoms with Crippen molar-refractivity contribution in [3.05, 3.63) is 33.6 Å². The Morgan fingerprint density at radius 2 is 2.00 bits per heavy atom. The number of nitrogens with two attached hydrogens (primary N) is 1. The molecule has 1 fully saturated rings. The molecule has 0 spiro atoms. The van der Waals surface area contributed by atoms with E-state index in [4.69, 9.17) is 10.3 Å². The Labute approximate surface area is 132 Å². The van der Waals surface area contributed by atoms with Crippen molar-refractivity contribution < 1.29 is 9.32 Å². The van der Waals surface area contributed by atoms with Crippen LogP contribution in [0.25, 0.3) is 0 Å². The molecule has 2 aromatic heterocycles. The van der Waals surface area contributed by atoms with Crippen LogP contribution < -0.4 is 5.73 Å². The van der Waals surface area contributed by atoms with Crippen LogP contribution in [-0.2, 0) is 13.1 Å². The van der Waals surface area contributed by atoms with Gasteiger partial charge < -0.3 is 10.3 Å². The van der Waals surface area contributed by atoms with E-state index in [1.807, 2.05) is 11.4 Å². The number of hydrogen-bond donors (Lipinski definition) is 1. The van der Waals surface area contributed by atoms with Crippen LogP contribution in [0.1, 0.15) is 27.0 Å². The predicted molar refractivity (Wildman–Crippen MR) is 82.4 cm³/mol. The summed E-state index contributed by atoms with van der Waals surface area (Å²) in [5.74, 6) is 0.995. The van der Waals surface area contributed by atoms with Gasteiger partial charge in [-0.15, -0.1) is 11.3 Å². The van der Waals surface area contributed by atoms with Crippen LogP contribution in [0.2, 0.25) is 0 Å². The van der Waals surface area contributed by atoms with Crippen LogP contribution in [-0.4, -0.2) is 52.0 Å². The first kappa shape index (κ1) is 15.1. The van der Waals surface area contributed by atoms with Gasteiger partial charge in [-0.05, 0) is 6.07 Å². The van der Waals surface area contributed by atoms with Crippen molar-refractivity contribution in [2.45, 2.75) is 20.0 Å². The first-order valence-electron chi connectivity index (χ1n) is 7.21. The molecule has 1 aliphatic heterocycles. The molecule has 8 heteroatoms. The molecule has 3 rings (SSSR count). The summed E-state index contributed by atoms with van der Waals surface area (Å²) < 4.78 is 4.99. The second kappa shape index (κ2) is 6.55. The summed E-state index contributed by atoms with van der Waals surface area (Å²) in [6, 6.07) is 1.89. The lowest BCUT2D eigenvalue weighted by molar-refractivity contribution is 0.100. The number of nitrogens with zero attached hydrogens (tertiary/aromatic N) is 4. The first-order chi connectivity index (χ1) is 10.6. The number of piperazine rings is 1. The molecule has 22 heavy (non-hydrogen) atoms. The minimum absolute atomic E-state index is 0.359. The molecule has 0 unspecified atom stereocenters. The fourth-order valence-corrected chi connectivity index (χ4v) is 3.44. The van der Waals surface area contributed by atoms with Crippen molar-refractivity contribution >= 4 is 17.2 Å². The van der Waals surface area contributed by atoms with Gasteiger partial charge in [-0.2, -0.15) is 4.98 Å². The summed E-state index contributed by atoms with van der Waals surface area (Å²) in [7, 11) is 0. The number of hydrogen-bond acceptors (Lipinski definition) is 7. The normalized spacial score (nSPS) is 17.0.